The number of carbonyl (C=O) groups is 1. The van der Waals surface area contributed by atoms with Crippen LogP contribution in [0.1, 0.15) is 17.0 Å². The number of carbonyl (C=O) groups excluding carboxylic acids is 1. The number of amides is 1. The minimum atomic E-state index is -1.61. The normalized spacial score (nSPS) is 18.6. The molecule has 0 bridgehead atoms. The second kappa shape index (κ2) is 5.66. The zero-order valence-electron chi connectivity index (χ0n) is 15.0. The first kappa shape index (κ1) is 16.5. The Morgan fingerprint density at radius 3 is 2.57 bits per heavy atom. The van der Waals surface area contributed by atoms with Crippen molar-refractivity contribution >= 4 is 22.6 Å². The van der Waals surface area contributed by atoms with Gasteiger partial charge in [0, 0.05) is 18.3 Å². The Kier molecular flexibility index (Phi) is 3.34. The van der Waals surface area contributed by atoms with Crippen LogP contribution in [0.15, 0.2) is 66.7 Å². The lowest BCUT2D eigenvalue weighted by Crippen LogP contribution is -2.42. The summed E-state index contributed by atoms with van der Waals surface area (Å²) in [6.45, 7) is 0. The van der Waals surface area contributed by atoms with E-state index >= 15 is 4.39 Å². The molecule has 1 amide bonds. The number of imidazole rings is 1. The van der Waals surface area contributed by atoms with Crippen LogP contribution in [0, 0.1) is 5.82 Å². The van der Waals surface area contributed by atoms with E-state index in [2.05, 4.69) is 9.97 Å². The van der Waals surface area contributed by atoms with E-state index in [-0.39, 0.29) is 23.0 Å². The number of aromatic hydroxyl groups is 1. The van der Waals surface area contributed by atoms with Crippen LogP contribution in [-0.2, 0) is 10.2 Å². The Morgan fingerprint density at radius 2 is 1.79 bits per heavy atom. The van der Waals surface area contributed by atoms with E-state index in [0.717, 1.165) is 5.52 Å². The van der Waals surface area contributed by atoms with Gasteiger partial charge in [-0.05, 0) is 30.3 Å². The highest BCUT2D eigenvalue weighted by molar-refractivity contribution is 6.12. The monoisotopic (exact) mass is 373 g/mol. The van der Waals surface area contributed by atoms with Gasteiger partial charge in [0.1, 0.15) is 17.4 Å². The van der Waals surface area contributed by atoms with Crippen molar-refractivity contribution in [2.75, 3.05) is 11.9 Å². The van der Waals surface area contributed by atoms with Crippen LogP contribution in [0.4, 0.5) is 10.1 Å². The summed E-state index contributed by atoms with van der Waals surface area (Å²) in [4.78, 5) is 23.0. The zero-order chi connectivity index (χ0) is 19.5. The molecule has 2 heterocycles. The Balaban J connectivity index is 1.96. The number of fused-ring (bicyclic) bond motifs is 2. The summed E-state index contributed by atoms with van der Waals surface area (Å²) < 4.78 is 15.1. The molecule has 5 rings (SSSR count). The highest BCUT2D eigenvalue weighted by atomic mass is 19.1. The number of anilines is 1. The summed E-state index contributed by atoms with van der Waals surface area (Å²) in [5, 5.41) is 10.6. The SMILES string of the molecule is CN1C(=O)C(c2nc3ccccc3[nH]2)(c2c(O)cccc2F)c2ccccc21. The molecular weight excluding hydrogens is 357 g/mol. The maximum absolute atomic E-state index is 15.1. The van der Waals surface area contributed by atoms with Gasteiger partial charge in [0.25, 0.3) is 0 Å². The number of likely N-dealkylation sites (N-methyl/N-ethyl adjacent to an activating group) is 1. The lowest BCUT2D eigenvalue weighted by Gasteiger charge is -2.28. The van der Waals surface area contributed by atoms with Gasteiger partial charge in [-0.15, -0.1) is 0 Å². The maximum Gasteiger partial charge on any atom is 0.249 e. The minimum Gasteiger partial charge on any atom is -0.507 e. The predicted octanol–water partition coefficient (Wildman–Crippen LogP) is 3.72. The molecule has 0 aliphatic carbocycles. The third-order valence-corrected chi connectivity index (χ3v) is 5.41. The number of aromatic amines is 1. The quantitative estimate of drug-likeness (QED) is 0.563. The molecule has 1 atom stereocenters. The lowest BCUT2D eigenvalue weighted by molar-refractivity contribution is -0.120. The largest absolute Gasteiger partial charge is 0.507 e. The molecule has 0 saturated carbocycles. The Bertz CT molecular complexity index is 1200. The van der Waals surface area contributed by atoms with Crippen molar-refractivity contribution < 1.29 is 14.3 Å². The Labute approximate surface area is 160 Å². The molecule has 0 radical (unpaired) electrons. The zero-order valence-corrected chi connectivity index (χ0v) is 15.0. The van der Waals surface area contributed by atoms with Gasteiger partial charge < -0.3 is 15.0 Å². The molecule has 5 nitrogen and oxygen atoms in total. The highest BCUT2D eigenvalue weighted by Crippen LogP contribution is 2.52. The van der Waals surface area contributed by atoms with Crippen molar-refractivity contribution in [3.05, 3.63) is 89.5 Å². The molecule has 3 aromatic carbocycles. The van der Waals surface area contributed by atoms with Crippen LogP contribution in [0.3, 0.4) is 0 Å². The van der Waals surface area contributed by atoms with Crippen LogP contribution in [0.5, 0.6) is 5.75 Å². The molecule has 4 aromatic rings. The van der Waals surface area contributed by atoms with E-state index < -0.39 is 11.2 Å². The van der Waals surface area contributed by atoms with Gasteiger partial charge in [0.15, 0.2) is 5.41 Å². The van der Waals surface area contributed by atoms with Gasteiger partial charge in [0.05, 0.1) is 16.6 Å². The van der Waals surface area contributed by atoms with Gasteiger partial charge in [-0.25, -0.2) is 9.37 Å². The van der Waals surface area contributed by atoms with Crippen molar-refractivity contribution in [3.8, 4) is 5.75 Å². The summed E-state index contributed by atoms with van der Waals surface area (Å²) in [5.74, 6) is -1.07. The van der Waals surface area contributed by atoms with Crippen LogP contribution < -0.4 is 4.90 Å². The molecular formula is C22H16FN3O2. The number of phenols is 1. The molecule has 0 saturated heterocycles. The van der Waals surface area contributed by atoms with E-state index in [1.54, 1.807) is 25.2 Å². The Morgan fingerprint density at radius 1 is 1.04 bits per heavy atom. The first-order chi connectivity index (χ1) is 13.5. The van der Waals surface area contributed by atoms with Gasteiger partial charge in [-0.2, -0.15) is 0 Å². The van der Waals surface area contributed by atoms with Crippen LogP contribution in [-0.4, -0.2) is 28.0 Å². The van der Waals surface area contributed by atoms with Gasteiger partial charge in [0.2, 0.25) is 5.91 Å². The van der Waals surface area contributed by atoms with Gasteiger partial charge in [-0.3, -0.25) is 4.79 Å². The number of H-pyrrole nitrogens is 1. The van der Waals surface area contributed by atoms with Crippen molar-refractivity contribution in [3.63, 3.8) is 0 Å². The third-order valence-electron chi connectivity index (χ3n) is 5.41. The van der Waals surface area contributed by atoms with Gasteiger partial charge >= 0.3 is 0 Å². The molecule has 0 spiro atoms. The fourth-order valence-electron chi connectivity index (χ4n) is 4.16. The molecule has 28 heavy (non-hydrogen) atoms. The standard InChI is InChI=1S/C22H16FN3O2/c1-26-17-11-5-2-7-13(17)22(21(26)28,19-14(23)8-6-12-18(19)27)20-24-15-9-3-4-10-16(15)25-20/h2-12,27H,1H3,(H,24,25). The molecule has 1 aliphatic heterocycles. The van der Waals surface area contributed by atoms with E-state index in [4.69, 9.17) is 0 Å². The van der Waals surface area contributed by atoms with Crippen LogP contribution >= 0.6 is 0 Å². The first-order valence-electron chi connectivity index (χ1n) is 8.86. The first-order valence-corrected chi connectivity index (χ1v) is 8.86. The number of nitrogens with one attached hydrogen (secondary N) is 1. The topological polar surface area (TPSA) is 69.2 Å². The fraction of sp³-hybridized carbons (Fsp3) is 0.0909. The average Bonchev–Trinajstić information content (AvgIpc) is 3.22. The number of rotatable bonds is 2. The summed E-state index contributed by atoms with van der Waals surface area (Å²) in [7, 11) is 1.64. The molecule has 0 fully saturated rings. The fourth-order valence-corrected chi connectivity index (χ4v) is 4.16. The van der Waals surface area contributed by atoms with Crippen molar-refractivity contribution in [1.29, 1.82) is 0 Å². The summed E-state index contributed by atoms with van der Waals surface area (Å²) >= 11 is 0. The van der Waals surface area contributed by atoms with Crippen molar-refractivity contribution in [2.45, 2.75) is 5.41 Å². The highest BCUT2D eigenvalue weighted by Gasteiger charge is 2.57. The summed E-state index contributed by atoms with van der Waals surface area (Å²) in [5.41, 5.74) is 0.897. The van der Waals surface area contributed by atoms with E-state index in [0.29, 0.717) is 16.8 Å². The number of aromatic nitrogens is 2. The van der Waals surface area contributed by atoms with E-state index in [1.165, 1.54) is 23.1 Å². The van der Waals surface area contributed by atoms with E-state index in [1.807, 2.05) is 30.3 Å². The second-order valence-electron chi connectivity index (χ2n) is 6.87. The number of benzene rings is 3. The molecule has 1 unspecified atom stereocenters. The number of phenolic OH excluding ortho intramolecular Hbond substituents is 1. The number of hydrogen-bond acceptors (Lipinski definition) is 3. The summed E-state index contributed by atoms with van der Waals surface area (Å²) in [6, 6.07) is 18.6. The Hall–Kier alpha value is -3.67. The number of para-hydroxylation sites is 3. The van der Waals surface area contributed by atoms with Crippen molar-refractivity contribution in [2.24, 2.45) is 0 Å². The number of nitrogens with zero attached hydrogens (tertiary/aromatic N) is 2. The smallest absolute Gasteiger partial charge is 0.249 e. The molecule has 1 aliphatic rings. The number of hydrogen-bond donors (Lipinski definition) is 2. The maximum atomic E-state index is 15.1. The van der Waals surface area contributed by atoms with Crippen LogP contribution in [0.25, 0.3) is 11.0 Å². The lowest BCUT2D eigenvalue weighted by atomic mass is 9.74. The summed E-state index contributed by atoms with van der Waals surface area (Å²) in [6.07, 6.45) is 0. The van der Waals surface area contributed by atoms with Gasteiger partial charge in [-0.1, -0.05) is 36.4 Å². The average molecular weight is 373 g/mol. The van der Waals surface area contributed by atoms with Crippen molar-refractivity contribution in [1.82, 2.24) is 9.97 Å². The van der Waals surface area contributed by atoms with E-state index in [9.17, 15) is 9.90 Å². The molecule has 1 aromatic heterocycles. The molecule has 2 N–H and O–H groups in total. The predicted molar refractivity (Wildman–Crippen MR) is 104 cm³/mol. The van der Waals surface area contributed by atoms with Crippen LogP contribution in [0.2, 0.25) is 0 Å². The molecule has 138 valence electrons. The molecule has 6 heteroatoms. The minimum absolute atomic E-state index is 0.101. The third kappa shape index (κ3) is 1.94. The number of halogens is 1. The second-order valence-corrected chi connectivity index (χ2v) is 6.87.